The summed E-state index contributed by atoms with van der Waals surface area (Å²) in [7, 11) is 0. The predicted molar refractivity (Wildman–Crippen MR) is 266 cm³/mol. The molecule has 0 aliphatic heterocycles. The second-order valence-corrected chi connectivity index (χ2v) is 13.5. The van der Waals surface area contributed by atoms with Gasteiger partial charge in [0.1, 0.15) is 0 Å². The van der Waals surface area contributed by atoms with Crippen LogP contribution < -0.4 is 4.90 Å². The lowest BCUT2D eigenvalue weighted by Crippen LogP contribution is -2.09. The maximum Gasteiger partial charge on any atom is 0.0645 e. The molecule has 0 aliphatic carbocycles. The van der Waals surface area contributed by atoms with Crippen LogP contribution >= 0.6 is 0 Å². The summed E-state index contributed by atoms with van der Waals surface area (Å²) in [5.41, 5.74) is -8.66. The van der Waals surface area contributed by atoms with Crippen molar-refractivity contribution in [1.82, 2.24) is 9.13 Å². The van der Waals surface area contributed by atoms with E-state index >= 15 is 0 Å². The van der Waals surface area contributed by atoms with Gasteiger partial charge in [-0.25, -0.2) is 0 Å². The molecule has 296 valence electrons. The molecule has 0 fully saturated rings. The van der Waals surface area contributed by atoms with Crippen LogP contribution in [0.25, 0.3) is 88.4 Å². The largest absolute Gasteiger partial charge is 0.311 e. The van der Waals surface area contributed by atoms with E-state index in [0.29, 0.717) is 0 Å². The number of benzene rings is 10. The lowest BCUT2D eigenvalue weighted by molar-refractivity contribution is 1.18. The third kappa shape index (κ3) is 6.38. The minimum absolute atomic E-state index is 0.361. The predicted octanol–water partition coefficient (Wildman–Crippen LogP) is 16.4. The van der Waals surface area contributed by atoms with E-state index in [1.54, 1.807) is 0 Å². The van der Waals surface area contributed by atoms with Gasteiger partial charge in [-0.05, 0) is 130 Å². The summed E-state index contributed by atoms with van der Waals surface area (Å²) < 4.78 is 317. The van der Waals surface area contributed by atoms with Crippen molar-refractivity contribution in [3.8, 4) is 44.8 Å². The Hall–Kier alpha value is -8.40. The van der Waals surface area contributed by atoms with Gasteiger partial charge >= 0.3 is 0 Å². The van der Waals surface area contributed by atoms with E-state index in [1.165, 1.54) is 0 Å². The quantitative estimate of drug-likeness (QED) is 0.149. The Morgan fingerprint density at radius 1 is 0.270 bits per heavy atom. The normalized spacial score (nSPS) is 19.3. The van der Waals surface area contributed by atoms with Gasteiger partial charge in [0.05, 0.1) is 70.0 Å². The zero-order valence-corrected chi connectivity index (χ0v) is 31.8. The number of fused-ring (bicyclic) bond motifs is 6. The fraction of sp³-hybridized carbons (Fsp3) is 0. The van der Waals surface area contributed by atoms with Gasteiger partial charge < -0.3 is 14.0 Å². The van der Waals surface area contributed by atoms with Gasteiger partial charge in [0.2, 0.25) is 0 Å². The van der Waals surface area contributed by atoms with Gasteiger partial charge in [-0.2, -0.15) is 0 Å². The number of aromatic nitrogens is 2. The van der Waals surface area contributed by atoms with Gasteiger partial charge in [0.25, 0.3) is 0 Å². The highest BCUT2D eigenvalue weighted by Crippen LogP contribution is 2.40. The Kier molecular flexibility index (Phi) is 3.75. The molecule has 0 saturated carbocycles. The second kappa shape index (κ2) is 15.3. The van der Waals surface area contributed by atoms with Gasteiger partial charge in [0.15, 0.2) is 0 Å². The zero-order valence-electron chi connectivity index (χ0n) is 66.8. The van der Waals surface area contributed by atoms with E-state index in [-0.39, 0.29) is 5.52 Å². The third-order valence-corrected chi connectivity index (χ3v) is 9.94. The summed E-state index contributed by atoms with van der Waals surface area (Å²) >= 11 is 0. The molecule has 0 atom stereocenters. The summed E-state index contributed by atoms with van der Waals surface area (Å²) in [4.78, 5) is 0.779. The fourth-order valence-electron chi connectivity index (χ4n) is 7.19. The third-order valence-electron chi connectivity index (χ3n) is 9.94. The van der Waals surface area contributed by atoms with E-state index < -0.39 is 311 Å². The number of rotatable bonds is 8. The highest BCUT2D eigenvalue weighted by Gasteiger charge is 2.17. The van der Waals surface area contributed by atoms with Gasteiger partial charge in [-0.15, -0.1) is 0 Å². The summed E-state index contributed by atoms with van der Waals surface area (Å²) in [6.07, 6.45) is 0. The maximum absolute atomic E-state index is 9.78. The summed E-state index contributed by atoms with van der Waals surface area (Å²) in [6.45, 7) is 0. The molecular formula is C60H41N3. The van der Waals surface area contributed by atoms with Crippen LogP contribution in [0.15, 0.2) is 248 Å². The topological polar surface area (TPSA) is 13.1 Å². The smallest absolute Gasteiger partial charge is 0.0645 e. The van der Waals surface area contributed by atoms with Crippen LogP contribution in [0.2, 0.25) is 0 Å². The molecule has 0 spiro atoms. The van der Waals surface area contributed by atoms with Crippen molar-refractivity contribution in [3.05, 3.63) is 248 Å². The minimum Gasteiger partial charge on any atom is -0.311 e. The number of para-hydroxylation sites is 4. The molecule has 3 nitrogen and oxygen atoms in total. The molecule has 0 aliphatic rings. The Balaban J connectivity index is 1.14. The Morgan fingerprint density at radius 2 is 0.762 bits per heavy atom. The lowest BCUT2D eigenvalue weighted by atomic mass is 10.0. The van der Waals surface area contributed by atoms with Crippen molar-refractivity contribution in [3.63, 3.8) is 0 Å². The zero-order chi connectivity index (χ0) is 72.2. The van der Waals surface area contributed by atoms with Crippen LogP contribution in [0.3, 0.4) is 0 Å². The Bertz CT molecular complexity index is 5630. The van der Waals surface area contributed by atoms with Crippen LogP contribution in [-0.2, 0) is 0 Å². The van der Waals surface area contributed by atoms with E-state index in [0.717, 1.165) is 50.4 Å². The lowest BCUT2D eigenvalue weighted by Gasteiger charge is -2.26. The van der Waals surface area contributed by atoms with Crippen molar-refractivity contribution in [2.45, 2.75) is 0 Å². The molecule has 0 radical (unpaired) electrons. The Labute approximate surface area is 415 Å². The molecule has 0 saturated heterocycles. The molecule has 12 rings (SSSR count). The van der Waals surface area contributed by atoms with Crippen LogP contribution in [0.5, 0.6) is 0 Å². The van der Waals surface area contributed by atoms with Crippen LogP contribution in [-0.4, -0.2) is 9.13 Å². The average Bonchev–Trinajstić information content (AvgIpc) is 1.53. The SMILES string of the molecule is [2H]c1cc(-n2c3c([2H])c([2H])c([2H])c([2H])c3c3c([2H])c(-c4c([2H])cc(N(c5cc([2H])c(-c6c([2H])cc7c(c6[2H])c6c([2H])c([2H])c([2H])c([2H])c6n7-c6c([2H])c([2H])c([2H])c([2H])c6[2H])c([2H])c5[2H])c5c([2H])cc(-c6c([2H])c([2H])c([2H])c([2H])c6[2H])c([2H])c5[2H])cc4[2H])c([2H])c([2H])c32)c([2H])c([2H])c1[2H]. The number of hydrogen-bond donors (Lipinski definition) is 0. The highest BCUT2D eigenvalue weighted by molar-refractivity contribution is 6.11. The molecule has 12 aromatic rings. The van der Waals surface area contributed by atoms with E-state index in [1.807, 2.05) is 0 Å². The first-order valence-electron chi connectivity index (χ1n) is 36.2. The van der Waals surface area contributed by atoms with Crippen LogP contribution in [0.4, 0.5) is 17.1 Å². The summed E-state index contributed by atoms with van der Waals surface area (Å²) in [5, 5.41) is -1.84. The molecule has 63 heavy (non-hydrogen) atoms. The molecular weight excluding hydrogens is 763 g/mol. The van der Waals surface area contributed by atoms with Gasteiger partial charge in [-0.1, -0.05) is 151 Å². The van der Waals surface area contributed by atoms with Gasteiger partial charge in [0, 0.05) is 50.0 Å². The average molecular weight is 839 g/mol. The molecule has 2 heterocycles. The molecule has 0 N–H and O–H groups in total. The van der Waals surface area contributed by atoms with Crippen molar-refractivity contribution in [2.75, 3.05) is 4.90 Å². The summed E-state index contributed by atoms with van der Waals surface area (Å²) in [6, 6.07) is -23.8. The van der Waals surface area contributed by atoms with E-state index in [4.69, 9.17) is 30.2 Å². The molecule has 0 unspecified atom stereocenters. The maximum atomic E-state index is 9.78. The van der Waals surface area contributed by atoms with Crippen molar-refractivity contribution < 1.29 is 48.0 Å². The molecule has 2 aromatic heterocycles. The Morgan fingerprint density at radius 3 is 1.51 bits per heavy atom. The molecule has 3 heteroatoms. The number of anilines is 3. The van der Waals surface area contributed by atoms with E-state index in [2.05, 4.69) is 0 Å². The first-order chi connectivity index (χ1) is 45.8. The van der Waals surface area contributed by atoms with Gasteiger partial charge in [-0.3, -0.25) is 0 Å². The first-order valence-corrected chi connectivity index (χ1v) is 18.7. The van der Waals surface area contributed by atoms with Crippen LogP contribution in [0.1, 0.15) is 48.0 Å². The monoisotopic (exact) mass is 839 g/mol. The second-order valence-electron chi connectivity index (χ2n) is 13.5. The molecule has 0 amide bonds. The van der Waals surface area contributed by atoms with Crippen LogP contribution in [0, 0.1) is 0 Å². The number of nitrogens with zero attached hydrogens (tertiary/aromatic N) is 3. The van der Waals surface area contributed by atoms with Crippen molar-refractivity contribution in [1.29, 1.82) is 0 Å². The molecule has 0 bridgehead atoms. The summed E-state index contributed by atoms with van der Waals surface area (Å²) in [5.74, 6) is 0. The highest BCUT2D eigenvalue weighted by atomic mass is 15.1. The van der Waals surface area contributed by atoms with Crippen molar-refractivity contribution in [2.24, 2.45) is 0 Å². The fourth-order valence-corrected chi connectivity index (χ4v) is 7.19. The standard InChI is InChI=1S/C60H41N3/c1-4-14-42(15-5-1)43-24-32-50(33-25-43)61(51-34-26-44(27-35-51)46-30-38-59-55(40-46)53-20-10-12-22-57(53)62(59)48-16-6-2-7-17-48)52-36-28-45(29-37-52)47-31-39-60-56(41-47)54-21-11-13-23-58(54)63(60)49-18-8-3-9-19-49/h1-41H/i1D,2D,3D,4D,5D,6D,7D,8D,9D,10D,11D,12D,13D,14D,15D,16D,17D,18D,20D,21D,22D,23D,24D,26D,27D,28D,29D,30D,31D,32D,33D,34D,39D,40D,41D. The first kappa shape index (κ1) is 15.5. The number of hydrogen-bond acceptors (Lipinski definition) is 1. The minimum atomic E-state index is -1.01. The molecule has 10 aromatic carbocycles. The van der Waals surface area contributed by atoms with E-state index in [9.17, 15) is 17.8 Å². The van der Waals surface area contributed by atoms with Crippen molar-refractivity contribution >= 4 is 60.7 Å².